The largest absolute Gasteiger partial charge is 0.434 e. The number of anilines is 1. The number of hydrogen-bond acceptors (Lipinski definition) is 3. The summed E-state index contributed by atoms with van der Waals surface area (Å²) in [6, 6.07) is 3.93. The Labute approximate surface area is 122 Å². The van der Waals surface area contributed by atoms with E-state index in [1.54, 1.807) is 19.1 Å². The molecule has 1 rings (SSSR count). The predicted molar refractivity (Wildman–Crippen MR) is 75.7 cm³/mol. The van der Waals surface area contributed by atoms with E-state index < -0.39 is 18.7 Å². The highest BCUT2D eigenvalue weighted by molar-refractivity contribution is 5.89. The van der Waals surface area contributed by atoms with Crippen LogP contribution in [0.1, 0.15) is 19.4 Å². The molecule has 1 atom stereocenters. The summed E-state index contributed by atoms with van der Waals surface area (Å²) in [5.74, 6) is 0.0285. The maximum absolute atomic E-state index is 12.2. The maximum atomic E-state index is 12.2. The van der Waals surface area contributed by atoms with Crippen LogP contribution in [0.3, 0.4) is 0 Å². The molecule has 0 saturated heterocycles. The van der Waals surface area contributed by atoms with Crippen LogP contribution in [0.15, 0.2) is 18.2 Å². The zero-order chi connectivity index (χ0) is 16.0. The minimum Gasteiger partial charge on any atom is -0.434 e. The molecule has 0 spiro atoms. The van der Waals surface area contributed by atoms with E-state index in [-0.39, 0.29) is 18.2 Å². The van der Waals surface area contributed by atoms with Crippen LogP contribution < -0.4 is 15.4 Å². The molecule has 0 aliphatic rings. The Morgan fingerprint density at radius 1 is 1.38 bits per heavy atom. The lowest BCUT2D eigenvalue weighted by Crippen LogP contribution is -2.37. The molecule has 5 nitrogen and oxygen atoms in total. The Morgan fingerprint density at radius 2 is 2.05 bits per heavy atom. The first-order valence-electron chi connectivity index (χ1n) is 6.58. The highest BCUT2D eigenvalue weighted by Crippen LogP contribution is 2.24. The lowest BCUT2D eigenvalue weighted by molar-refractivity contribution is -0.0502. The van der Waals surface area contributed by atoms with E-state index in [9.17, 15) is 18.7 Å². The normalized spacial score (nSPS) is 12.4. The average molecular weight is 302 g/mol. The van der Waals surface area contributed by atoms with Gasteiger partial charge in [0.2, 0.25) is 0 Å². The van der Waals surface area contributed by atoms with Gasteiger partial charge in [-0.15, -0.1) is 0 Å². The molecule has 118 valence electrons. The Balaban J connectivity index is 2.60. The molecule has 0 heterocycles. The van der Waals surface area contributed by atoms with Crippen molar-refractivity contribution in [1.29, 1.82) is 0 Å². The molecule has 0 bridgehead atoms. The van der Waals surface area contributed by atoms with Crippen LogP contribution in [-0.4, -0.2) is 30.4 Å². The van der Waals surface area contributed by atoms with Crippen LogP contribution in [0.5, 0.6) is 5.75 Å². The lowest BCUT2D eigenvalue weighted by Gasteiger charge is -2.16. The Hall–Kier alpha value is -1.89. The average Bonchev–Trinajstić information content (AvgIpc) is 2.39. The molecule has 3 N–H and O–H groups in total. The summed E-state index contributed by atoms with van der Waals surface area (Å²) in [6.45, 7) is 2.47. The van der Waals surface area contributed by atoms with E-state index in [2.05, 4.69) is 15.4 Å². The molecule has 0 aliphatic heterocycles. The van der Waals surface area contributed by atoms with Crippen molar-refractivity contribution < 1.29 is 23.4 Å². The molecular formula is C14H20F2N2O3. The number of benzene rings is 1. The summed E-state index contributed by atoms with van der Waals surface area (Å²) in [7, 11) is 0. The standard InChI is InChI=1S/C14H20F2N2O3/c1-8(2)11(19)7-17-14(20)18-10-5-4-9(3)12(6-10)21-13(15)16/h4-6,8,11,13,19H,7H2,1-3H3,(H2,17,18,20). The summed E-state index contributed by atoms with van der Waals surface area (Å²) < 4.78 is 28.8. The third-order valence-corrected chi connectivity index (χ3v) is 2.90. The topological polar surface area (TPSA) is 70.6 Å². The molecule has 7 heteroatoms. The first-order valence-corrected chi connectivity index (χ1v) is 6.58. The first-order chi connectivity index (χ1) is 9.79. The second-order valence-electron chi connectivity index (χ2n) is 5.01. The number of carbonyl (C=O) groups excluding carboxylic acids is 1. The zero-order valence-corrected chi connectivity index (χ0v) is 12.2. The monoisotopic (exact) mass is 302 g/mol. The highest BCUT2D eigenvalue weighted by atomic mass is 19.3. The molecule has 0 aliphatic carbocycles. The number of aryl methyl sites for hydroxylation is 1. The number of aliphatic hydroxyl groups excluding tert-OH is 1. The Morgan fingerprint density at radius 3 is 2.62 bits per heavy atom. The van der Waals surface area contributed by atoms with Crippen LogP contribution in [0.4, 0.5) is 19.3 Å². The van der Waals surface area contributed by atoms with Gasteiger partial charge in [0.1, 0.15) is 5.75 Å². The zero-order valence-electron chi connectivity index (χ0n) is 12.2. The van der Waals surface area contributed by atoms with Crippen molar-refractivity contribution in [1.82, 2.24) is 5.32 Å². The van der Waals surface area contributed by atoms with E-state index in [0.29, 0.717) is 11.3 Å². The summed E-state index contributed by atoms with van der Waals surface area (Å²) in [5.41, 5.74) is 0.865. The number of hydrogen-bond donors (Lipinski definition) is 3. The minimum atomic E-state index is -2.92. The number of ether oxygens (including phenoxy) is 1. The van der Waals surface area contributed by atoms with Crippen LogP contribution in [0, 0.1) is 12.8 Å². The van der Waals surface area contributed by atoms with Gasteiger partial charge in [-0.1, -0.05) is 19.9 Å². The van der Waals surface area contributed by atoms with Gasteiger partial charge in [0.05, 0.1) is 6.10 Å². The summed E-state index contributed by atoms with van der Waals surface area (Å²) in [6.07, 6.45) is -0.647. The molecular weight excluding hydrogens is 282 g/mol. The van der Waals surface area contributed by atoms with Crippen molar-refractivity contribution in [2.75, 3.05) is 11.9 Å². The van der Waals surface area contributed by atoms with E-state index in [1.165, 1.54) is 6.07 Å². The van der Waals surface area contributed by atoms with Gasteiger partial charge < -0.3 is 20.5 Å². The molecule has 2 amide bonds. The Kier molecular flexibility index (Phi) is 6.36. The molecule has 1 unspecified atom stereocenters. The van der Waals surface area contributed by atoms with Gasteiger partial charge in [0.25, 0.3) is 0 Å². The Bertz CT molecular complexity index is 481. The van der Waals surface area contributed by atoms with E-state index in [4.69, 9.17) is 0 Å². The maximum Gasteiger partial charge on any atom is 0.387 e. The fourth-order valence-corrected chi connectivity index (χ4v) is 1.51. The number of alkyl halides is 2. The van der Waals surface area contributed by atoms with Crippen molar-refractivity contribution in [2.24, 2.45) is 5.92 Å². The number of nitrogens with one attached hydrogen (secondary N) is 2. The van der Waals surface area contributed by atoms with E-state index in [0.717, 1.165) is 0 Å². The summed E-state index contributed by atoms with van der Waals surface area (Å²) in [4.78, 5) is 11.6. The van der Waals surface area contributed by atoms with Crippen LogP contribution >= 0.6 is 0 Å². The van der Waals surface area contributed by atoms with Gasteiger partial charge in [0, 0.05) is 18.3 Å². The number of aliphatic hydroxyl groups is 1. The highest BCUT2D eigenvalue weighted by Gasteiger charge is 2.12. The molecule has 21 heavy (non-hydrogen) atoms. The van der Waals surface area contributed by atoms with Crippen molar-refractivity contribution in [3.8, 4) is 5.75 Å². The summed E-state index contributed by atoms with van der Waals surface area (Å²) >= 11 is 0. The van der Waals surface area contributed by atoms with Gasteiger partial charge in [0.15, 0.2) is 0 Å². The van der Waals surface area contributed by atoms with E-state index in [1.807, 2.05) is 13.8 Å². The second kappa shape index (κ2) is 7.78. The number of rotatable bonds is 6. The molecule has 1 aromatic carbocycles. The van der Waals surface area contributed by atoms with Gasteiger partial charge in [-0.2, -0.15) is 8.78 Å². The summed E-state index contributed by atoms with van der Waals surface area (Å²) in [5, 5.41) is 14.6. The van der Waals surface area contributed by atoms with Crippen LogP contribution in [0.2, 0.25) is 0 Å². The third-order valence-electron chi connectivity index (χ3n) is 2.90. The minimum absolute atomic E-state index is 0.00464. The predicted octanol–water partition coefficient (Wildman–Crippen LogP) is 2.73. The van der Waals surface area contributed by atoms with Gasteiger partial charge in [-0.3, -0.25) is 0 Å². The number of halogens is 2. The molecule has 0 fully saturated rings. The van der Waals surface area contributed by atoms with Gasteiger partial charge >= 0.3 is 12.6 Å². The fourth-order valence-electron chi connectivity index (χ4n) is 1.51. The quantitative estimate of drug-likeness (QED) is 0.756. The molecule has 0 aromatic heterocycles. The number of amides is 2. The van der Waals surface area contributed by atoms with Crippen molar-refractivity contribution in [2.45, 2.75) is 33.5 Å². The van der Waals surface area contributed by atoms with Gasteiger partial charge in [-0.05, 0) is 24.5 Å². The smallest absolute Gasteiger partial charge is 0.387 e. The van der Waals surface area contributed by atoms with Gasteiger partial charge in [-0.25, -0.2) is 4.79 Å². The van der Waals surface area contributed by atoms with Crippen LogP contribution in [-0.2, 0) is 0 Å². The second-order valence-corrected chi connectivity index (χ2v) is 5.01. The molecule has 0 saturated carbocycles. The molecule has 1 aromatic rings. The van der Waals surface area contributed by atoms with E-state index >= 15 is 0 Å². The van der Waals surface area contributed by atoms with Crippen molar-refractivity contribution >= 4 is 11.7 Å². The number of carbonyl (C=O) groups is 1. The number of urea groups is 1. The SMILES string of the molecule is Cc1ccc(NC(=O)NCC(O)C(C)C)cc1OC(F)F. The first kappa shape index (κ1) is 17.2. The third kappa shape index (κ3) is 5.95. The fraction of sp³-hybridized carbons (Fsp3) is 0.500. The van der Waals surface area contributed by atoms with Crippen LogP contribution in [0.25, 0.3) is 0 Å². The molecule has 0 radical (unpaired) electrons. The van der Waals surface area contributed by atoms with Crippen molar-refractivity contribution in [3.05, 3.63) is 23.8 Å². The van der Waals surface area contributed by atoms with Crippen molar-refractivity contribution in [3.63, 3.8) is 0 Å². The lowest BCUT2D eigenvalue weighted by atomic mass is 10.1.